The summed E-state index contributed by atoms with van der Waals surface area (Å²) in [6.45, 7) is 1.36. The molecule has 0 fully saturated rings. The Bertz CT molecular complexity index is 853. The number of esters is 1. The molecule has 0 amide bonds. The normalized spacial score (nSPS) is 16.3. The van der Waals surface area contributed by atoms with Crippen LogP contribution in [-0.4, -0.2) is 12.5 Å². The summed E-state index contributed by atoms with van der Waals surface area (Å²) in [5.74, 6) is -0.235. The highest BCUT2D eigenvalue weighted by molar-refractivity contribution is 6.07. The van der Waals surface area contributed by atoms with E-state index in [4.69, 9.17) is 4.74 Å². The van der Waals surface area contributed by atoms with Crippen LogP contribution in [0.5, 0.6) is 0 Å². The zero-order valence-corrected chi connectivity index (χ0v) is 12.7. The number of carbonyl (C=O) groups is 1. The molecule has 3 aromatic rings. The molecule has 0 aliphatic carbocycles. The molecular formula is C20H17NO2. The van der Waals surface area contributed by atoms with Crippen LogP contribution in [0.15, 0.2) is 66.7 Å². The fraction of sp³-hybridized carbons (Fsp3) is 0.150. The van der Waals surface area contributed by atoms with Crippen LogP contribution in [-0.2, 0) is 11.3 Å². The number of hydrogen-bond acceptors (Lipinski definition) is 3. The van der Waals surface area contributed by atoms with Crippen molar-refractivity contribution in [3.63, 3.8) is 0 Å². The molecule has 0 aromatic heterocycles. The predicted molar refractivity (Wildman–Crippen MR) is 90.3 cm³/mol. The molecular weight excluding hydrogens is 286 g/mol. The van der Waals surface area contributed by atoms with Crippen molar-refractivity contribution >= 4 is 16.7 Å². The third-order valence-electron chi connectivity index (χ3n) is 4.25. The zero-order chi connectivity index (χ0) is 15.6. The average molecular weight is 303 g/mol. The Kier molecular flexibility index (Phi) is 3.56. The van der Waals surface area contributed by atoms with E-state index in [0.717, 1.165) is 22.9 Å². The maximum absolute atomic E-state index is 12.3. The van der Waals surface area contributed by atoms with Crippen LogP contribution >= 0.6 is 0 Å². The fourth-order valence-electron chi connectivity index (χ4n) is 3.16. The minimum atomic E-state index is -0.246. The van der Waals surface area contributed by atoms with Gasteiger partial charge in [0.15, 0.2) is 0 Å². The van der Waals surface area contributed by atoms with E-state index < -0.39 is 0 Å². The van der Waals surface area contributed by atoms with E-state index in [9.17, 15) is 4.79 Å². The monoisotopic (exact) mass is 303 g/mol. The van der Waals surface area contributed by atoms with Crippen LogP contribution in [0.2, 0.25) is 0 Å². The first-order valence-electron chi connectivity index (χ1n) is 7.80. The first-order chi connectivity index (χ1) is 11.3. The Morgan fingerprint density at radius 1 is 0.913 bits per heavy atom. The summed E-state index contributed by atoms with van der Waals surface area (Å²) < 4.78 is 5.64. The van der Waals surface area contributed by atoms with Crippen molar-refractivity contribution in [2.24, 2.45) is 0 Å². The van der Waals surface area contributed by atoms with Crippen LogP contribution in [0.25, 0.3) is 10.8 Å². The average Bonchev–Trinajstić information content (AvgIpc) is 2.60. The van der Waals surface area contributed by atoms with Crippen molar-refractivity contribution in [2.75, 3.05) is 6.54 Å². The van der Waals surface area contributed by atoms with Crippen molar-refractivity contribution in [3.05, 3.63) is 83.4 Å². The summed E-state index contributed by atoms with van der Waals surface area (Å²) in [7, 11) is 0. The number of hydrogen-bond donors (Lipinski definition) is 1. The molecule has 0 spiro atoms. The topological polar surface area (TPSA) is 38.3 Å². The van der Waals surface area contributed by atoms with Crippen LogP contribution in [0.1, 0.15) is 27.6 Å². The van der Waals surface area contributed by atoms with Crippen molar-refractivity contribution < 1.29 is 9.53 Å². The van der Waals surface area contributed by atoms with E-state index in [0.29, 0.717) is 12.1 Å². The van der Waals surface area contributed by atoms with E-state index in [1.54, 1.807) is 0 Å². The zero-order valence-electron chi connectivity index (χ0n) is 12.7. The highest BCUT2D eigenvalue weighted by Crippen LogP contribution is 2.34. The Labute approximate surface area is 134 Å². The van der Waals surface area contributed by atoms with E-state index >= 15 is 0 Å². The second kappa shape index (κ2) is 5.86. The Morgan fingerprint density at radius 3 is 2.52 bits per heavy atom. The molecule has 1 unspecified atom stereocenters. The molecule has 4 rings (SSSR count). The molecule has 23 heavy (non-hydrogen) atoms. The summed E-state index contributed by atoms with van der Waals surface area (Å²) in [5, 5.41) is 5.50. The SMILES string of the molecule is O=C1OC(CNCc2ccccc2)c2cccc3cccc1c23. The lowest BCUT2D eigenvalue weighted by Gasteiger charge is -2.26. The van der Waals surface area contributed by atoms with Crippen LogP contribution in [0.3, 0.4) is 0 Å². The van der Waals surface area contributed by atoms with Gasteiger partial charge in [0.05, 0.1) is 5.56 Å². The predicted octanol–water partition coefficient (Wildman–Crippen LogP) is 3.84. The molecule has 1 atom stereocenters. The molecule has 1 aliphatic rings. The molecule has 0 bridgehead atoms. The van der Waals surface area contributed by atoms with Gasteiger partial charge in [0, 0.05) is 24.0 Å². The van der Waals surface area contributed by atoms with Gasteiger partial charge in [-0.15, -0.1) is 0 Å². The molecule has 0 saturated heterocycles. The molecule has 0 saturated carbocycles. The highest BCUT2D eigenvalue weighted by Gasteiger charge is 2.27. The molecule has 1 N–H and O–H groups in total. The van der Waals surface area contributed by atoms with Crippen molar-refractivity contribution in [1.82, 2.24) is 5.32 Å². The number of nitrogens with one attached hydrogen (secondary N) is 1. The maximum Gasteiger partial charge on any atom is 0.339 e. The summed E-state index contributed by atoms with van der Waals surface area (Å²) in [6.07, 6.45) is -0.246. The van der Waals surface area contributed by atoms with E-state index in [2.05, 4.69) is 17.4 Å². The highest BCUT2D eigenvalue weighted by atomic mass is 16.5. The molecule has 1 heterocycles. The first-order valence-corrected chi connectivity index (χ1v) is 7.80. The van der Waals surface area contributed by atoms with Crippen LogP contribution in [0.4, 0.5) is 0 Å². The number of benzene rings is 3. The van der Waals surface area contributed by atoms with Gasteiger partial charge in [0.1, 0.15) is 6.10 Å². The van der Waals surface area contributed by atoms with Gasteiger partial charge in [-0.3, -0.25) is 0 Å². The van der Waals surface area contributed by atoms with Gasteiger partial charge >= 0.3 is 5.97 Å². The Balaban J connectivity index is 1.59. The van der Waals surface area contributed by atoms with Gasteiger partial charge in [-0.05, 0) is 17.0 Å². The Hall–Kier alpha value is -2.65. The minimum Gasteiger partial charge on any atom is -0.452 e. The summed E-state index contributed by atoms with van der Waals surface area (Å²) >= 11 is 0. The van der Waals surface area contributed by atoms with Gasteiger partial charge in [0.2, 0.25) is 0 Å². The third kappa shape index (κ3) is 2.60. The third-order valence-corrected chi connectivity index (χ3v) is 4.25. The van der Waals surface area contributed by atoms with Gasteiger partial charge in [-0.1, -0.05) is 60.7 Å². The maximum atomic E-state index is 12.3. The summed E-state index contributed by atoms with van der Waals surface area (Å²) in [6, 6.07) is 22.1. The summed E-state index contributed by atoms with van der Waals surface area (Å²) in [5.41, 5.74) is 2.96. The quantitative estimate of drug-likeness (QED) is 0.744. The minimum absolute atomic E-state index is 0.235. The molecule has 1 aliphatic heterocycles. The van der Waals surface area contributed by atoms with Crippen molar-refractivity contribution in [3.8, 4) is 0 Å². The van der Waals surface area contributed by atoms with E-state index in [-0.39, 0.29) is 12.1 Å². The van der Waals surface area contributed by atoms with Gasteiger partial charge < -0.3 is 10.1 Å². The van der Waals surface area contributed by atoms with Crippen LogP contribution in [0, 0.1) is 0 Å². The molecule has 0 radical (unpaired) electrons. The van der Waals surface area contributed by atoms with E-state index in [1.807, 2.05) is 54.6 Å². The number of cyclic esters (lactones) is 1. The second-order valence-electron chi connectivity index (χ2n) is 5.76. The van der Waals surface area contributed by atoms with Gasteiger partial charge in [-0.2, -0.15) is 0 Å². The smallest absolute Gasteiger partial charge is 0.339 e. The second-order valence-corrected chi connectivity index (χ2v) is 5.76. The molecule has 114 valence electrons. The molecule has 3 nitrogen and oxygen atoms in total. The number of carbonyl (C=O) groups excluding carboxylic acids is 1. The fourth-order valence-corrected chi connectivity index (χ4v) is 3.16. The Morgan fingerprint density at radius 2 is 1.70 bits per heavy atom. The first kappa shape index (κ1) is 14.0. The molecule has 3 aromatic carbocycles. The van der Waals surface area contributed by atoms with Gasteiger partial charge in [-0.25, -0.2) is 4.79 Å². The van der Waals surface area contributed by atoms with Crippen molar-refractivity contribution in [1.29, 1.82) is 0 Å². The number of rotatable bonds is 4. The lowest BCUT2D eigenvalue weighted by Crippen LogP contribution is -2.28. The van der Waals surface area contributed by atoms with E-state index in [1.165, 1.54) is 5.56 Å². The van der Waals surface area contributed by atoms with Crippen LogP contribution < -0.4 is 5.32 Å². The van der Waals surface area contributed by atoms with Gasteiger partial charge in [0.25, 0.3) is 0 Å². The molecule has 3 heteroatoms. The van der Waals surface area contributed by atoms with Crippen molar-refractivity contribution in [2.45, 2.75) is 12.6 Å². The largest absolute Gasteiger partial charge is 0.452 e. The lowest BCUT2D eigenvalue weighted by atomic mass is 9.93. The number of ether oxygens (including phenoxy) is 1. The lowest BCUT2D eigenvalue weighted by molar-refractivity contribution is 0.0283. The standard InChI is InChI=1S/C20H17NO2/c22-20-17-11-5-9-15-8-4-10-16(19(15)17)18(23-20)13-21-12-14-6-2-1-3-7-14/h1-11,18,21H,12-13H2. The summed E-state index contributed by atoms with van der Waals surface area (Å²) in [4.78, 5) is 12.3.